The van der Waals surface area contributed by atoms with Crippen LogP contribution in [0.2, 0.25) is 0 Å². The van der Waals surface area contributed by atoms with Crippen molar-refractivity contribution in [3.8, 4) is 0 Å². The summed E-state index contributed by atoms with van der Waals surface area (Å²) < 4.78 is 190. The van der Waals surface area contributed by atoms with Crippen LogP contribution < -0.4 is 0 Å². The van der Waals surface area contributed by atoms with E-state index in [9.17, 15) is 70.7 Å². The predicted octanol–water partition coefficient (Wildman–Crippen LogP) is 5.23. The van der Waals surface area contributed by atoms with Crippen LogP contribution >= 0.6 is 0 Å². The first kappa shape index (κ1) is 25.4. The van der Waals surface area contributed by atoms with Gasteiger partial charge in [0.05, 0.1) is 6.42 Å². The first-order valence-corrected chi connectivity index (χ1v) is 5.97. The SMILES string of the molecule is O=C(O)C[14CH2]C(F)(F)C(F)(F)C(F)(F)C(F)(F)C(F)(F)C(F)(F)C(F)(F)F. The van der Waals surface area contributed by atoms with Crippen LogP contribution in [0.3, 0.4) is 0 Å². The number of hydrogen-bond acceptors (Lipinski definition) is 1. The monoisotopic (exact) mass is 444 g/mol. The zero-order valence-corrected chi connectivity index (χ0v) is 11.9. The molecule has 0 saturated carbocycles. The molecule has 0 fully saturated rings. The van der Waals surface area contributed by atoms with Gasteiger partial charge >= 0.3 is 47.7 Å². The fraction of sp³-hybridized carbons (Fsp3) is 0.900. The van der Waals surface area contributed by atoms with E-state index >= 15 is 0 Å². The number of alkyl halides is 15. The number of carboxylic acid groups (broad SMARTS) is 1. The van der Waals surface area contributed by atoms with Crippen molar-refractivity contribution < 1.29 is 75.8 Å². The Balaban J connectivity index is 6.34. The normalized spacial score (nSPS) is 15.8. The highest BCUT2D eigenvalue weighted by Gasteiger charge is 2.93. The van der Waals surface area contributed by atoms with Gasteiger partial charge in [-0.2, -0.15) is 65.9 Å². The third-order valence-electron chi connectivity index (χ3n) is 3.05. The summed E-state index contributed by atoms with van der Waals surface area (Å²) in [6.45, 7) is 0. The van der Waals surface area contributed by atoms with Gasteiger partial charge in [0, 0.05) is 6.42 Å². The van der Waals surface area contributed by atoms with Crippen LogP contribution in [0.1, 0.15) is 12.8 Å². The Morgan fingerprint density at radius 3 is 1.19 bits per heavy atom. The van der Waals surface area contributed by atoms with Gasteiger partial charge in [-0.25, -0.2) is 0 Å². The molecule has 2 nitrogen and oxygen atoms in total. The van der Waals surface area contributed by atoms with Crippen molar-refractivity contribution in [1.82, 2.24) is 0 Å². The zero-order valence-electron chi connectivity index (χ0n) is 11.9. The van der Waals surface area contributed by atoms with E-state index in [4.69, 9.17) is 5.11 Å². The van der Waals surface area contributed by atoms with Crippen LogP contribution in [0.4, 0.5) is 65.9 Å². The van der Waals surface area contributed by atoms with Crippen molar-refractivity contribution in [2.45, 2.75) is 54.6 Å². The van der Waals surface area contributed by atoms with E-state index in [1.165, 1.54) is 0 Å². The molecule has 0 unspecified atom stereocenters. The van der Waals surface area contributed by atoms with E-state index in [-0.39, 0.29) is 0 Å². The Labute approximate surface area is 137 Å². The van der Waals surface area contributed by atoms with Crippen LogP contribution in [0.25, 0.3) is 0 Å². The van der Waals surface area contributed by atoms with Gasteiger partial charge in [0.1, 0.15) is 0 Å². The van der Waals surface area contributed by atoms with E-state index in [1.54, 1.807) is 0 Å². The minimum absolute atomic E-state index is 2.10. The second-order valence-corrected chi connectivity index (χ2v) is 4.97. The lowest BCUT2D eigenvalue weighted by Gasteiger charge is -2.41. The molecular formula is C10H5F15O2. The summed E-state index contributed by atoms with van der Waals surface area (Å²) in [5.74, 6) is -49.4. The molecule has 0 aromatic rings. The lowest BCUT2D eigenvalue weighted by atomic mass is 9.93. The Hall–Kier alpha value is -1.58. The summed E-state index contributed by atoms with van der Waals surface area (Å²) in [5, 5.41) is 7.97. The second-order valence-electron chi connectivity index (χ2n) is 4.97. The largest absolute Gasteiger partial charge is 0.481 e. The summed E-state index contributed by atoms with van der Waals surface area (Å²) in [6, 6.07) is 0. The van der Waals surface area contributed by atoms with Crippen LogP contribution in [0.15, 0.2) is 0 Å². The lowest BCUT2D eigenvalue weighted by Crippen LogP contribution is -2.72. The molecular weight excluding hydrogens is 439 g/mol. The smallest absolute Gasteiger partial charge is 0.460 e. The molecule has 27 heavy (non-hydrogen) atoms. The van der Waals surface area contributed by atoms with Crippen molar-refractivity contribution in [1.29, 1.82) is 0 Å². The summed E-state index contributed by atoms with van der Waals surface area (Å²) in [6.07, 6.45) is -12.6. The molecule has 0 saturated heterocycles. The van der Waals surface area contributed by atoms with E-state index in [2.05, 4.69) is 0 Å². The molecule has 0 atom stereocenters. The molecule has 0 aliphatic heterocycles. The average Bonchev–Trinajstić information content (AvgIpc) is 2.42. The highest BCUT2D eigenvalue weighted by atomic mass is 19.4. The highest BCUT2D eigenvalue weighted by Crippen LogP contribution is 2.62. The maximum Gasteiger partial charge on any atom is 0.460 e. The van der Waals surface area contributed by atoms with Crippen molar-refractivity contribution in [3.63, 3.8) is 0 Å². The molecule has 0 heterocycles. The van der Waals surface area contributed by atoms with Gasteiger partial charge in [-0.05, 0) is 0 Å². The van der Waals surface area contributed by atoms with Gasteiger partial charge < -0.3 is 5.11 Å². The molecule has 0 aromatic heterocycles. The fourth-order valence-corrected chi connectivity index (χ4v) is 1.42. The van der Waals surface area contributed by atoms with E-state index in [1.807, 2.05) is 0 Å². The number of carbonyl (C=O) groups is 1. The summed E-state index contributed by atoms with van der Waals surface area (Å²) in [4.78, 5) is 9.96. The van der Waals surface area contributed by atoms with Crippen LogP contribution in [-0.4, -0.2) is 52.8 Å². The number of hydrogen-bond donors (Lipinski definition) is 1. The van der Waals surface area contributed by atoms with Gasteiger partial charge in [0.25, 0.3) is 0 Å². The van der Waals surface area contributed by atoms with Crippen LogP contribution in [0, 0.1) is 0 Å². The quantitative estimate of drug-likeness (QED) is 0.522. The minimum Gasteiger partial charge on any atom is -0.481 e. The fourth-order valence-electron chi connectivity index (χ4n) is 1.42. The van der Waals surface area contributed by atoms with Gasteiger partial charge in [0.15, 0.2) is 0 Å². The topological polar surface area (TPSA) is 37.3 Å². The minimum atomic E-state index is -8.35. The van der Waals surface area contributed by atoms with E-state index in [0.29, 0.717) is 0 Å². The summed E-state index contributed by atoms with van der Waals surface area (Å²) >= 11 is 0. The zero-order chi connectivity index (χ0) is 22.5. The first-order valence-electron chi connectivity index (χ1n) is 5.97. The maximum atomic E-state index is 13.1. The number of carboxylic acids is 1. The molecule has 0 amide bonds. The highest BCUT2D eigenvalue weighted by molar-refractivity contribution is 5.66. The van der Waals surface area contributed by atoms with Gasteiger partial charge in [-0.1, -0.05) is 0 Å². The molecule has 0 aromatic carbocycles. The Morgan fingerprint density at radius 2 is 0.889 bits per heavy atom. The third kappa shape index (κ3) is 3.60. The molecule has 0 aliphatic carbocycles. The Kier molecular flexibility index (Phi) is 6.11. The van der Waals surface area contributed by atoms with Crippen LogP contribution in [-0.2, 0) is 4.79 Å². The Bertz CT molecular complexity index is 561. The van der Waals surface area contributed by atoms with E-state index < -0.39 is 60.5 Å². The molecule has 17 heteroatoms. The third-order valence-corrected chi connectivity index (χ3v) is 3.05. The molecule has 0 radical (unpaired) electrons. The lowest BCUT2D eigenvalue weighted by molar-refractivity contribution is -0.452. The summed E-state index contributed by atoms with van der Waals surface area (Å²) in [7, 11) is 0. The maximum absolute atomic E-state index is 13.1. The second kappa shape index (κ2) is 6.49. The Morgan fingerprint density at radius 1 is 0.593 bits per heavy atom. The van der Waals surface area contributed by atoms with Crippen molar-refractivity contribution in [3.05, 3.63) is 0 Å². The molecule has 162 valence electrons. The molecule has 0 rings (SSSR count). The molecule has 0 aliphatic rings. The molecule has 0 bridgehead atoms. The number of rotatable bonds is 8. The summed E-state index contributed by atoms with van der Waals surface area (Å²) in [5.41, 5.74) is 0. The molecule has 0 spiro atoms. The van der Waals surface area contributed by atoms with Crippen molar-refractivity contribution in [2.24, 2.45) is 0 Å². The van der Waals surface area contributed by atoms with Crippen molar-refractivity contribution >= 4 is 5.97 Å². The van der Waals surface area contributed by atoms with Crippen LogP contribution in [0.5, 0.6) is 0 Å². The van der Waals surface area contributed by atoms with Gasteiger partial charge in [-0.3, -0.25) is 4.79 Å². The van der Waals surface area contributed by atoms with Gasteiger partial charge in [-0.15, -0.1) is 0 Å². The predicted molar refractivity (Wildman–Crippen MR) is 52.6 cm³/mol. The number of aliphatic carboxylic acids is 1. The van der Waals surface area contributed by atoms with Crippen molar-refractivity contribution in [2.75, 3.05) is 0 Å². The standard InChI is InChI=1S/C10H5F15O2/c11-4(12,2-1-3(26)27)5(13,14)6(15,16)7(17,18)8(19,20)9(21,22)10(23,24)25/h1-2H2,(H,26,27)/i2+2. The molecule has 1 N–H and O–H groups in total. The van der Waals surface area contributed by atoms with E-state index in [0.717, 1.165) is 0 Å². The van der Waals surface area contributed by atoms with Gasteiger partial charge in [0.2, 0.25) is 0 Å². The first-order chi connectivity index (χ1) is 11.4. The average molecular weight is 444 g/mol. The number of halogens is 15.